The van der Waals surface area contributed by atoms with Crippen LogP contribution in [0.2, 0.25) is 0 Å². The lowest BCUT2D eigenvalue weighted by molar-refractivity contribution is 0.410. The molecule has 0 N–H and O–H groups in total. The molecule has 96 valence electrons. The van der Waals surface area contributed by atoms with Crippen molar-refractivity contribution in [2.24, 2.45) is 11.8 Å². The van der Waals surface area contributed by atoms with Crippen molar-refractivity contribution < 1.29 is 0 Å². The van der Waals surface area contributed by atoms with Crippen LogP contribution in [0.3, 0.4) is 0 Å². The van der Waals surface area contributed by atoms with Crippen molar-refractivity contribution in [2.45, 2.75) is 79.6 Å². The van der Waals surface area contributed by atoms with Crippen molar-refractivity contribution >= 4 is 0 Å². The highest BCUT2D eigenvalue weighted by molar-refractivity contribution is 4.92. The Balaban J connectivity index is 3.43. The van der Waals surface area contributed by atoms with Crippen molar-refractivity contribution in [1.82, 2.24) is 0 Å². The van der Waals surface area contributed by atoms with E-state index in [1.54, 1.807) is 0 Å². The maximum atomic E-state index is 2.41. The van der Waals surface area contributed by atoms with Crippen LogP contribution in [0.25, 0.3) is 0 Å². The second-order valence-corrected chi connectivity index (χ2v) is 5.79. The molecule has 0 heteroatoms. The number of rotatable bonds is 9. The van der Waals surface area contributed by atoms with Crippen LogP contribution in [-0.2, 0) is 0 Å². The molecule has 0 saturated carbocycles. The van der Waals surface area contributed by atoms with Gasteiger partial charge in [0.25, 0.3) is 0 Å². The molecule has 0 spiro atoms. The Bertz CT molecular complexity index is 174. The van der Waals surface area contributed by atoms with Crippen molar-refractivity contribution in [3.8, 4) is 0 Å². The van der Waals surface area contributed by atoms with Gasteiger partial charge in [0.2, 0.25) is 0 Å². The zero-order valence-electron chi connectivity index (χ0n) is 12.2. The Morgan fingerprint density at radius 3 is 2.00 bits per heavy atom. The van der Waals surface area contributed by atoms with Gasteiger partial charge in [0.05, 0.1) is 0 Å². The van der Waals surface area contributed by atoms with Gasteiger partial charge in [-0.2, -0.15) is 0 Å². The zero-order valence-corrected chi connectivity index (χ0v) is 12.2. The number of hydrogen-bond donors (Lipinski definition) is 0. The molecular formula is C16H32. The second kappa shape index (κ2) is 9.93. The zero-order chi connectivity index (χ0) is 12.4. The molecule has 0 rings (SSSR count). The highest BCUT2D eigenvalue weighted by Crippen LogP contribution is 2.19. The molecule has 0 fully saturated rings. The fourth-order valence-corrected chi connectivity index (χ4v) is 2.25. The normalized spacial score (nSPS) is 14.6. The second-order valence-electron chi connectivity index (χ2n) is 5.79. The predicted octanol–water partition coefficient (Wildman–Crippen LogP) is 5.98. The van der Waals surface area contributed by atoms with Crippen LogP contribution < -0.4 is 0 Å². The summed E-state index contributed by atoms with van der Waals surface area (Å²) < 4.78 is 0. The first kappa shape index (κ1) is 15.7. The van der Waals surface area contributed by atoms with E-state index >= 15 is 0 Å². The van der Waals surface area contributed by atoms with Gasteiger partial charge in [-0.05, 0) is 38.5 Å². The van der Waals surface area contributed by atoms with Gasteiger partial charge in [0, 0.05) is 0 Å². The van der Waals surface area contributed by atoms with Gasteiger partial charge in [0.1, 0.15) is 0 Å². The third kappa shape index (κ3) is 10.3. The predicted molar refractivity (Wildman–Crippen MR) is 75.8 cm³/mol. The van der Waals surface area contributed by atoms with E-state index in [-0.39, 0.29) is 0 Å². The van der Waals surface area contributed by atoms with Crippen LogP contribution in [0, 0.1) is 11.8 Å². The summed E-state index contributed by atoms with van der Waals surface area (Å²) in [5, 5.41) is 0. The minimum Gasteiger partial charge on any atom is -0.0859 e. The van der Waals surface area contributed by atoms with Crippen LogP contribution in [0.1, 0.15) is 79.6 Å². The van der Waals surface area contributed by atoms with E-state index in [0.29, 0.717) is 0 Å². The number of allylic oxidation sites excluding steroid dienone is 2. The molecule has 0 aliphatic rings. The van der Waals surface area contributed by atoms with E-state index in [9.17, 15) is 0 Å². The SMILES string of the molecule is CCCC(C)CCCC(C)CCC=C(C)C. The largest absolute Gasteiger partial charge is 0.0859 e. The third-order valence-electron chi connectivity index (χ3n) is 3.39. The molecule has 0 aliphatic heterocycles. The van der Waals surface area contributed by atoms with E-state index in [1.165, 1.54) is 50.5 Å². The highest BCUT2D eigenvalue weighted by Gasteiger charge is 2.04. The monoisotopic (exact) mass is 224 g/mol. The fraction of sp³-hybridized carbons (Fsp3) is 0.875. The fourth-order valence-electron chi connectivity index (χ4n) is 2.25. The molecule has 0 nitrogen and oxygen atoms in total. The average molecular weight is 224 g/mol. The molecule has 0 aromatic heterocycles. The standard InChI is InChI=1S/C16H32/c1-6-9-15(4)12-8-13-16(5)11-7-10-14(2)3/h10,15-16H,6-9,11-13H2,1-5H3. The summed E-state index contributed by atoms with van der Waals surface area (Å²) in [7, 11) is 0. The summed E-state index contributed by atoms with van der Waals surface area (Å²) in [6.07, 6.45) is 12.0. The van der Waals surface area contributed by atoms with Crippen molar-refractivity contribution in [1.29, 1.82) is 0 Å². The Morgan fingerprint density at radius 1 is 0.938 bits per heavy atom. The van der Waals surface area contributed by atoms with E-state index in [0.717, 1.165) is 11.8 Å². The molecule has 0 aromatic rings. The molecule has 0 aromatic carbocycles. The average Bonchev–Trinajstić information content (AvgIpc) is 2.17. The minimum absolute atomic E-state index is 0.907. The minimum atomic E-state index is 0.907. The molecule has 0 heterocycles. The summed E-state index contributed by atoms with van der Waals surface area (Å²) in [5.41, 5.74) is 1.46. The summed E-state index contributed by atoms with van der Waals surface area (Å²) in [6, 6.07) is 0. The molecule has 16 heavy (non-hydrogen) atoms. The molecule has 0 bridgehead atoms. The lowest BCUT2D eigenvalue weighted by atomic mass is 9.93. The molecule has 0 amide bonds. The highest BCUT2D eigenvalue weighted by atomic mass is 14.1. The maximum Gasteiger partial charge on any atom is -0.0346 e. The Morgan fingerprint density at radius 2 is 1.50 bits per heavy atom. The first-order valence-corrected chi connectivity index (χ1v) is 7.19. The van der Waals surface area contributed by atoms with Crippen molar-refractivity contribution in [3.63, 3.8) is 0 Å². The first-order chi connectivity index (χ1) is 7.56. The van der Waals surface area contributed by atoms with Crippen LogP contribution >= 0.6 is 0 Å². The van der Waals surface area contributed by atoms with Crippen molar-refractivity contribution in [3.05, 3.63) is 11.6 Å². The molecule has 0 aliphatic carbocycles. The van der Waals surface area contributed by atoms with Crippen LogP contribution in [0.5, 0.6) is 0 Å². The topological polar surface area (TPSA) is 0 Å². The van der Waals surface area contributed by atoms with Gasteiger partial charge in [-0.25, -0.2) is 0 Å². The van der Waals surface area contributed by atoms with Gasteiger partial charge in [0.15, 0.2) is 0 Å². The first-order valence-electron chi connectivity index (χ1n) is 7.19. The van der Waals surface area contributed by atoms with Crippen LogP contribution in [-0.4, -0.2) is 0 Å². The molecule has 0 saturated heterocycles. The van der Waals surface area contributed by atoms with Crippen LogP contribution in [0.15, 0.2) is 11.6 Å². The van der Waals surface area contributed by atoms with Gasteiger partial charge >= 0.3 is 0 Å². The Kier molecular flexibility index (Phi) is 9.77. The van der Waals surface area contributed by atoms with Gasteiger partial charge in [-0.15, -0.1) is 0 Å². The van der Waals surface area contributed by atoms with E-state index in [4.69, 9.17) is 0 Å². The van der Waals surface area contributed by atoms with E-state index < -0.39 is 0 Å². The maximum absolute atomic E-state index is 2.41. The van der Waals surface area contributed by atoms with Gasteiger partial charge in [-0.1, -0.05) is 64.5 Å². The molecular weight excluding hydrogens is 192 g/mol. The van der Waals surface area contributed by atoms with E-state index in [1.807, 2.05) is 0 Å². The molecule has 0 radical (unpaired) electrons. The molecule has 2 atom stereocenters. The Hall–Kier alpha value is -0.260. The molecule has 2 unspecified atom stereocenters. The third-order valence-corrected chi connectivity index (χ3v) is 3.39. The lowest BCUT2D eigenvalue weighted by Gasteiger charge is -2.13. The quantitative estimate of drug-likeness (QED) is 0.423. The summed E-state index contributed by atoms with van der Waals surface area (Å²) in [4.78, 5) is 0. The summed E-state index contributed by atoms with van der Waals surface area (Å²) in [5.74, 6) is 1.85. The number of hydrogen-bond acceptors (Lipinski definition) is 0. The Labute approximate surface area is 104 Å². The van der Waals surface area contributed by atoms with Crippen molar-refractivity contribution in [2.75, 3.05) is 0 Å². The smallest absolute Gasteiger partial charge is 0.0346 e. The summed E-state index contributed by atoms with van der Waals surface area (Å²) >= 11 is 0. The van der Waals surface area contributed by atoms with Crippen LogP contribution in [0.4, 0.5) is 0 Å². The summed E-state index contributed by atoms with van der Waals surface area (Å²) in [6.45, 7) is 11.5. The van der Waals surface area contributed by atoms with Gasteiger partial charge < -0.3 is 0 Å². The van der Waals surface area contributed by atoms with E-state index in [2.05, 4.69) is 40.7 Å². The lowest BCUT2D eigenvalue weighted by Crippen LogP contribution is -1.98. The van der Waals surface area contributed by atoms with Gasteiger partial charge in [-0.3, -0.25) is 0 Å².